The fourth-order valence-electron chi connectivity index (χ4n) is 2.11. The minimum Gasteiger partial charge on any atom is -0.326 e. The van der Waals surface area contributed by atoms with E-state index in [-0.39, 0.29) is 0 Å². The number of rotatable bonds is 3. The van der Waals surface area contributed by atoms with Gasteiger partial charge in [0.15, 0.2) is 0 Å². The lowest BCUT2D eigenvalue weighted by Crippen LogP contribution is -2.01. The second kappa shape index (κ2) is 5.21. The minimum absolute atomic E-state index is 0.544. The molecule has 0 bridgehead atoms. The van der Waals surface area contributed by atoms with Crippen molar-refractivity contribution in [3.05, 3.63) is 59.2 Å². The molecule has 0 spiro atoms. The van der Waals surface area contributed by atoms with Gasteiger partial charge in [0.25, 0.3) is 0 Å². The van der Waals surface area contributed by atoms with E-state index in [1.807, 2.05) is 24.3 Å². The van der Waals surface area contributed by atoms with Gasteiger partial charge in [0.05, 0.1) is 0 Å². The van der Waals surface area contributed by atoms with Crippen molar-refractivity contribution in [2.45, 2.75) is 13.5 Å². The summed E-state index contributed by atoms with van der Waals surface area (Å²) in [5.74, 6) is 0. The van der Waals surface area contributed by atoms with E-state index in [1.165, 1.54) is 16.7 Å². The molecule has 86 valence electrons. The summed E-state index contributed by atoms with van der Waals surface area (Å²) in [7, 11) is 0. The summed E-state index contributed by atoms with van der Waals surface area (Å²) < 4.78 is 0. The van der Waals surface area contributed by atoms with Gasteiger partial charge in [-0.1, -0.05) is 54.7 Å². The van der Waals surface area contributed by atoms with Crippen molar-refractivity contribution in [3.8, 4) is 11.1 Å². The molecule has 2 aromatic rings. The average molecular weight is 241 g/mol. The van der Waals surface area contributed by atoms with E-state index in [9.17, 15) is 0 Å². The molecule has 0 aliphatic carbocycles. The molecule has 0 saturated carbocycles. The molecule has 0 radical (unpaired) electrons. The van der Waals surface area contributed by atoms with Gasteiger partial charge in [-0.05, 0) is 34.7 Å². The molecule has 17 heavy (non-hydrogen) atoms. The van der Waals surface area contributed by atoms with Crippen LogP contribution in [0.2, 0.25) is 0 Å². The van der Waals surface area contributed by atoms with Crippen molar-refractivity contribution in [2.75, 3.05) is 0 Å². The topological polar surface area (TPSA) is 26.0 Å². The van der Waals surface area contributed by atoms with E-state index < -0.39 is 0 Å². The molecule has 2 rings (SSSR count). The van der Waals surface area contributed by atoms with Gasteiger partial charge in [-0.3, -0.25) is 0 Å². The van der Waals surface area contributed by atoms with E-state index >= 15 is 0 Å². The van der Waals surface area contributed by atoms with Gasteiger partial charge in [-0.15, -0.1) is 0 Å². The first kappa shape index (κ1) is 12.0. The first-order chi connectivity index (χ1) is 8.27. The SMILES string of the molecule is Cc1cccc(CN)c1-c1ccccc1C=S. The summed E-state index contributed by atoms with van der Waals surface area (Å²) >= 11 is 5.07. The van der Waals surface area contributed by atoms with E-state index in [4.69, 9.17) is 18.0 Å². The predicted molar refractivity (Wildman–Crippen MR) is 77.3 cm³/mol. The Morgan fingerprint density at radius 3 is 2.59 bits per heavy atom. The van der Waals surface area contributed by atoms with E-state index in [2.05, 4.69) is 25.1 Å². The van der Waals surface area contributed by atoms with Crippen molar-refractivity contribution in [1.82, 2.24) is 0 Å². The van der Waals surface area contributed by atoms with Crippen molar-refractivity contribution >= 4 is 17.6 Å². The number of aryl methyl sites for hydroxylation is 1. The van der Waals surface area contributed by atoms with Crippen LogP contribution in [-0.2, 0) is 6.54 Å². The standard InChI is InChI=1S/C15H15NS/c1-11-5-4-7-12(9-16)15(11)14-8-3-2-6-13(14)10-17/h2-8,10H,9,16H2,1H3. The van der Waals surface area contributed by atoms with Crippen molar-refractivity contribution in [2.24, 2.45) is 5.73 Å². The Balaban J connectivity index is 2.71. The lowest BCUT2D eigenvalue weighted by Gasteiger charge is -2.13. The largest absolute Gasteiger partial charge is 0.326 e. The third-order valence-corrected chi connectivity index (χ3v) is 3.19. The Labute approximate surface area is 107 Å². The van der Waals surface area contributed by atoms with Crippen LogP contribution in [-0.4, -0.2) is 5.37 Å². The molecule has 0 fully saturated rings. The molecule has 0 amide bonds. The van der Waals surface area contributed by atoms with Crippen LogP contribution in [0.1, 0.15) is 16.7 Å². The highest BCUT2D eigenvalue weighted by Crippen LogP contribution is 2.29. The minimum atomic E-state index is 0.544. The predicted octanol–water partition coefficient (Wildman–Crippen LogP) is 3.47. The van der Waals surface area contributed by atoms with Crippen LogP contribution < -0.4 is 5.73 Å². The van der Waals surface area contributed by atoms with Crippen molar-refractivity contribution in [1.29, 1.82) is 0 Å². The van der Waals surface area contributed by atoms with Crippen molar-refractivity contribution < 1.29 is 0 Å². The summed E-state index contributed by atoms with van der Waals surface area (Å²) in [6.45, 7) is 2.65. The summed E-state index contributed by atoms with van der Waals surface area (Å²) in [6, 6.07) is 14.4. The normalized spacial score (nSPS) is 10.2. The molecule has 2 aromatic carbocycles. The number of hydrogen-bond acceptors (Lipinski definition) is 2. The van der Waals surface area contributed by atoms with Crippen LogP contribution in [0.15, 0.2) is 42.5 Å². The maximum absolute atomic E-state index is 5.81. The lowest BCUT2D eigenvalue weighted by atomic mass is 9.92. The fraction of sp³-hybridized carbons (Fsp3) is 0.133. The third-order valence-electron chi connectivity index (χ3n) is 2.94. The van der Waals surface area contributed by atoms with Gasteiger partial charge >= 0.3 is 0 Å². The van der Waals surface area contributed by atoms with Gasteiger partial charge in [-0.25, -0.2) is 0 Å². The first-order valence-electron chi connectivity index (χ1n) is 5.61. The Morgan fingerprint density at radius 1 is 1.12 bits per heavy atom. The molecule has 0 saturated heterocycles. The molecule has 0 aromatic heterocycles. The highest BCUT2D eigenvalue weighted by Gasteiger charge is 2.09. The van der Waals surface area contributed by atoms with Crippen LogP contribution in [0, 0.1) is 6.92 Å². The van der Waals surface area contributed by atoms with Gasteiger partial charge in [0, 0.05) is 11.9 Å². The van der Waals surface area contributed by atoms with Crippen LogP contribution in [0.3, 0.4) is 0 Å². The zero-order valence-corrected chi connectivity index (χ0v) is 10.6. The summed E-state index contributed by atoms with van der Waals surface area (Å²) in [5, 5.41) is 1.72. The van der Waals surface area contributed by atoms with Crippen LogP contribution in [0.5, 0.6) is 0 Å². The molecule has 2 N–H and O–H groups in total. The van der Waals surface area contributed by atoms with Gasteiger partial charge in [0.1, 0.15) is 0 Å². The second-order valence-electron chi connectivity index (χ2n) is 4.02. The summed E-state index contributed by atoms with van der Waals surface area (Å²) in [5.41, 5.74) is 11.7. The lowest BCUT2D eigenvalue weighted by molar-refractivity contribution is 1.07. The Hall–Kier alpha value is -1.51. The second-order valence-corrected chi connectivity index (χ2v) is 4.25. The van der Waals surface area contributed by atoms with Gasteiger partial charge < -0.3 is 5.73 Å². The first-order valence-corrected chi connectivity index (χ1v) is 6.08. The molecule has 0 unspecified atom stereocenters. The number of hydrogen-bond donors (Lipinski definition) is 1. The molecular formula is C15H15NS. The highest BCUT2D eigenvalue weighted by molar-refractivity contribution is 7.79. The molecule has 0 heterocycles. The van der Waals surface area contributed by atoms with Crippen LogP contribution >= 0.6 is 12.2 Å². The number of benzene rings is 2. The molecule has 0 aliphatic rings. The smallest absolute Gasteiger partial charge is 0.0184 e. The van der Waals surface area contributed by atoms with Gasteiger partial charge in [-0.2, -0.15) is 0 Å². The van der Waals surface area contributed by atoms with Crippen molar-refractivity contribution in [3.63, 3.8) is 0 Å². The maximum atomic E-state index is 5.81. The Bertz CT molecular complexity index is 546. The Kier molecular flexibility index (Phi) is 3.67. The highest BCUT2D eigenvalue weighted by atomic mass is 32.1. The van der Waals surface area contributed by atoms with E-state index in [0.29, 0.717) is 6.54 Å². The summed E-state index contributed by atoms with van der Waals surface area (Å²) in [4.78, 5) is 0. The van der Waals surface area contributed by atoms with Crippen LogP contribution in [0.25, 0.3) is 11.1 Å². The third kappa shape index (κ3) is 2.28. The fourth-order valence-corrected chi connectivity index (χ4v) is 2.32. The average Bonchev–Trinajstić information content (AvgIpc) is 2.38. The summed E-state index contributed by atoms with van der Waals surface area (Å²) in [6.07, 6.45) is 0. The maximum Gasteiger partial charge on any atom is 0.0184 e. The number of nitrogens with two attached hydrogens (primary N) is 1. The quantitative estimate of drug-likeness (QED) is 0.833. The monoisotopic (exact) mass is 241 g/mol. The molecule has 0 atom stereocenters. The molecule has 1 nitrogen and oxygen atoms in total. The van der Waals surface area contributed by atoms with E-state index in [1.54, 1.807) is 5.37 Å². The zero-order valence-electron chi connectivity index (χ0n) is 9.81. The zero-order chi connectivity index (χ0) is 12.3. The number of thiocarbonyl (C=S) groups is 1. The van der Waals surface area contributed by atoms with E-state index in [0.717, 1.165) is 11.1 Å². The molecular weight excluding hydrogens is 226 g/mol. The molecule has 2 heteroatoms. The van der Waals surface area contributed by atoms with Gasteiger partial charge in [0.2, 0.25) is 0 Å². The molecule has 0 aliphatic heterocycles. The van der Waals surface area contributed by atoms with Crippen LogP contribution in [0.4, 0.5) is 0 Å². The Morgan fingerprint density at radius 2 is 1.88 bits per heavy atom.